The van der Waals surface area contributed by atoms with Crippen LogP contribution in [0.4, 0.5) is 0 Å². The molecule has 6 heteroatoms. The van der Waals surface area contributed by atoms with Gasteiger partial charge in [-0.3, -0.25) is 0 Å². The van der Waals surface area contributed by atoms with Crippen molar-refractivity contribution in [3.63, 3.8) is 0 Å². The Balaban J connectivity index is 1.57. The summed E-state index contributed by atoms with van der Waals surface area (Å²) in [7, 11) is 0. The van der Waals surface area contributed by atoms with Crippen LogP contribution in [0.3, 0.4) is 0 Å². The van der Waals surface area contributed by atoms with Crippen LogP contribution in [0.1, 0.15) is 43.4 Å². The van der Waals surface area contributed by atoms with E-state index in [1.807, 2.05) is 30.3 Å². The second-order valence-electron chi connectivity index (χ2n) is 7.83. The quantitative estimate of drug-likeness (QED) is 0.815. The lowest BCUT2D eigenvalue weighted by Gasteiger charge is -2.51. The molecule has 3 aliphatic heterocycles. The molecule has 0 saturated carbocycles. The molecule has 1 atom stereocenters. The van der Waals surface area contributed by atoms with Crippen LogP contribution in [0.15, 0.2) is 47.6 Å². The zero-order valence-corrected chi connectivity index (χ0v) is 16.7. The van der Waals surface area contributed by atoms with Gasteiger partial charge in [0.05, 0.1) is 11.8 Å². The molecule has 0 aliphatic carbocycles. The minimum atomic E-state index is -0.421. The molecule has 0 radical (unpaired) electrons. The second-order valence-corrected chi connectivity index (χ2v) is 8.26. The Labute approximate surface area is 170 Å². The number of fused-ring (bicyclic) bond motifs is 4. The van der Waals surface area contributed by atoms with Crippen molar-refractivity contribution in [2.24, 2.45) is 5.10 Å². The standard InChI is InChI=1S/C22H24ClN3O2/c1-2-25-10-8-22(9-11-25)26-20(18-13-16(23)6-7-21(18)28-22)14-19(24-26)15-4-3-5-17(27)12-15/h3-7,12-13,20,27H,2,8-11,14H2,1H3. The van der Waals surface area contributed by atoms with E-state index in [0.29, 0.717) is 5.02 Å². The van der Waals surface area contributed by atoms with Crippen LogP contribution in [0.2, 0.25) is 5.02 Å². The van der Waals surface area contributed by atoms with E-state index in [0.717, 1.165) is 61.5 Å². The molecule has 1 saturated heterocycles. The molecular weight excluding hydrogens is 374 g/mol. The zero-order chi connectivity index (χ0) is 19.3. The molecule has 2 aromatic carbocycles. The number of piperidine rings is 1. The Morgan fingerprint density at radius 3 is 2.79 bits per heavy atom. The first kappa shape index (κ1) is 17.8. The fraction of sp³-hybridized carbons (Fsp3) is 0.409. The number of phenolic OH excluding ortho intramolecular Hbond substituents is 1. The topological polar surface area (TPSA) is 48.3 Å². The first-order valence-corrected chi connectivity index (χ1v) is 10.3. The van der Waals surface area contributed by atoms with E-state index in [2.05, 4.69) is 16.8 Å². The van der Waals surface area contributed by atoms with E-state index in [1.54, 1.807) is 12.1 Å². The largest absolute Gasteiger partial charge is 0.508 e. The number of hydrogen-bond acceptors (Lipinski definition) is 5. The number of phenols is 1. The lowest BCUT2D eigenvalue weighted by Crippen LogP contribution is -2.59. The van der Waals surface area contributed by atoms with Crippen LogP contribution >= 0.6 is 11.6 Å². The molecule has 1 unspecified atom stereocenters. The number of benzene rings is 2. The summed E-state index contributed by atoms with van der Waals surface area (Å²) in [5.74, 6) is 1.18. The number of aromatic hydroxyl groups is 1. The van der Waals surface area contributed by atoms with E-state index in [4.69, 9.17) is 21.4 Å². The highest BCUT2D eigenvalue weighted by atomic mass is 35.5. The molecule has 2 aromatic rings. The maximum Gasteiger partial charge on any atom is 0.200 e. The predicted molar refractivity (Wildman–Crippen MR) is 110 cm³/mol. The number of halogens is 1. The van der Waals surface area contributed by atoms with Gasteiger partial charge in [0.1, 0.15) is 11.5 Å². The van der Waals surface area contributed by atoms with Gasteiger partial charge in [0.15, 0.2) is 0 Å². The first-order chi connectivity index (χ1) is 13.6. The lowest BCUT2D eigenvalue weighted by atomic mass is 9.90. The Morgan fingerprint density at radius 2 is 2.04 bits per heavy atom. The molecule has 1 spiro atoms. The zero-order valence-electron chi connectivity index (χ0n) is 15.9. The van der Waals surface area contributed by atoms with Crippen LogP contribution in [0.25, 0.3) is 0 Å². The van der Waals surface area contributed by atoms with Crippen LogP contribution in [-0.4, -0.2) is 46.1 Å². The fourth-order valence-corrected chi connectivity index (χ4v) is 4.84. The Bertz CT molecular complexity index is 937. The monoisotopic (exact) mass is 397 g/mol. The van der Waals surface area contributed by atoms with Crippen molar-refractivity contribution in [1.82, 2.24) is 9.91 Å². The van der Waals surface area contributed by atoms with Gasteiger partial charge in [0, 0.05) is 48.5 Å². The van der Waals surface area contributed by atoms with Gasteiger partial charge in [-0.25, -0.2) is 5.01 Å². The molecule has 0 bridgehead atoms. The Morgan fingerprint density at radius 1 is 1.21 bits per heavy atom. The van der Waals surface area contributed by atoms with Gasteiger partial charge < -0.3 is 14.7 Å². The van der Waals surface area contributed by atoms with Crippen molar-refractivity contribution in [2.75, 3.05) is 19.6 Å². The van der Waals surface area contributed by atoms with Crippen LogP contribution in [0.5, 0.6) is 11.5 Å². The van der Waals surface area contributed by atoms with Gasteiger partial charge in [-0.2, -0.15) is 5.10 Å². The van der Waals surface area contributed by atoms with Crippen molar-refractivity contribution in [3.8, 4) is 11.5 Å². The minimum absolute atomic E-state index is 0.105. The highest BCUT2D eigenvalue weighted by molar-refractivity contribution is 6.30. The predicted octanol–water partition coefficient (Wildman–Crippen LogP) is 4.40. The van der Waals surface area contributed by atoms with Crippen LogP contribution in [0, 0.1) is 0 Å². The van der Waals surface area contributed by atoms with Crippen molar-refractivity contribution in [1.29, 1.82) is 0 Å². The Kier molecular flexibility index (Phi) is 4.25. The van der Waals surface area contributed by atoms with Gasteiger partial charge in [-0.05, 0) is 36.9 Å². The third kappa shape index (κ3) is 2.85. The molecule has 5 rings (SSSR count). The average molecular weight is 398 g/mol. The first-order valence-electron chi connectivity index (χ1n) is 9.95. The minimum Gasteiger partial charge on any atom is -0.508 e. The highest BCUT2D eigenvalue weighted by Gasteiger charge is 2.51. The third-order valence-electron chi connectivity index (χ3n) is 6.22. The molecule has 28 heavy (non-hydrogen) atoms. The van der Waals surface area contributed by atoms with Crippen LogP contribution < -0.4 is 4.74 Å². The van der Waals surface area contributed by atoms with Gasteiger partial charge in [0.2, 0.25) is 5.72 Å². The van der Waals surface area contributed by atoms with Crippen molar-refractivity contribution < 1.29 is 9.84 Å². The van der Waals surface area contributed by atoms with E-state index >= 15 is 0 Å². The lowest BCUT2D eigenvalue weighted by molar-refractivity contribution is -0.149. The molecule has 0 amide bonds. The molecule has 1 N–H and O–H groups in total. The summed E-state index contributed by atoms with van der Waals surface area (Å²) in [6.45, 7) is 5.26. The normalized spacial score (nSPS) is 23.1. The fourth-order valence-electron chi connectivity index (χ4n) is 4.66. The van der Waals surface area contributed by atoms with E-state index in [9.17, 15) is 5.11 Å². The SMILES string of the molecule is CCN1CCC2(CC1)Oc1ccc(Cl)cc1C1CC(c3cccc(O)c3)=NN12. The molecule has 3 heterocycles. The van der Waals surface area contributed by atoms with Crippen molar-refractivity contribution in [2.45, 2.75) is 38.0 Å². The second kappa shape index (κ2) is 6.68. The van der Waals surface area contributed by atoms with Gasteiger partial charge in [0.25, 0.3) is 0 Å². The number of ether oxygens (including phenoxy) is 1. The molecular formula is C22H24ClN3O2. The van der Waals surface area contributed by atoms with Gasteiger partial charge >= 0.3 is 0 Å². The van der Waals surface area contributed by atoms with Gasteiger partial charge in [-0.1, -0.05) is 30.7 Å². The summed E-state index contributed by atoms with van der Waals surface area (Å²) in [5, 5.41) is 17.8. The van der Waals surface area contributed by atoms with E-state index in [1.165, 1.54) is 0 Å². The molecule has 1 fully saturated rings. The van der Waals surface area contributed by atoms with Crippen molar-refractivity contribution >= 4 is 17.3 Å². The smallest absolute Gasteiger partial charge is 0.200 e. The summed E-state index contributed by atoms with van der Waals surface area (Å²) < 4.78 is 6.61. The molecule has 146 valence electrons. The number of hydrogen-bond donors (Lipinski definition) is 1. The number of likely N-dealkylation sites (tertiary alicyclic amines) is 1. The number of rotatable bonds is 2. The summed E-state index contributed by atoms with van der Waals surface area (Å²) in [4.78, 5) is 2.46. The van der Waals surface area contributed by atoms with Gasteiger partial charge in [-0.15, -0.1) is 0 Å². The molecule has 0 aromatic heterocycles. The maximum absolute atomic E-state index is 9.91. The van der Waals surface area contributed by atoms with E-state index < -0.39 is 5.72 Å². The number of hydrazone groups is 1. The molecule has 3 aliphatic rings. The summed E-state index contributed by atoms with van der Waals surface area (Å²) in [6, 6.07) is 13.3. The Hall–Kier alpha value is -2.24. The highest BCUT2D eigenvalue weighted by Crippen LogP contribution is 2.50. The summed E-state index contributed by atoms with van der Waals surface area (Å²) in [5.41, 5.74) is 2.61. The molecule has 5 nitrogen and oxygen atoms in total. The van der Waals surface area contributed by atoms with Crippen LogP contribution in [-0.2, 0) is 0 Å². The van der Waals surface area contributed by atoms with Crippen molar-refractivity contribution in [3.05, 3.63) is 58.6 Å². The summed E-state index contributed by atoms with van der Waals surface area (Å²) >= 11 is 6.31. The van der Waals surface area contributed by atoms with E-state index in [-0.39, 0.29) is 11.8 Å². The average Bonchev–Trinajstić information content (AvgIpc) is 3.16. The maximum atomic E-state index is 9.91. The number of nitrogens with zero attached hydrogens (tertiary/aromatic N) is 3. The summed E-state index contributed by atoms with van der Waals surface area (Å²) in [6.07, 6.45) is 2.60. The third-order valence-corrected chi connectivity index (χ3v) is 6.46.